The van der Waals surface area contributed by atoms with Crippen LogP contribution in [0, 0.1) is 0 Å². The van der Waals surface area contributed by atoms with Gasteiger partial charge in [0.15, 0.2) is 0 Å². The maximum Gasteiger partial charge on any atom is 0.237 e. The molecule has 0 aliphatic carbocycles. The van der Waals surface area contributed by atoms with E-state index in [1.807, 2.05) is 0 Å². The second-order valence-corrected chi connectivity index (χ2v) is 7.78. The summed E-state index contributed by atoms with van der Waals surface area (Å²) in [5.41, 5.74) is 0. The normalized spacial score (nSPS) is 37.2. The molecule has 2 amide bonds. The van der Waals surface area contributed by atoms with Crippen molar-refractivity contribution in [1.29, 1.82) is 0 Å². The van der Waals surface area contributed by atoms with E-state index < -0.39 is 0 Å². The average molecular weight is 336 g/mol. The number of carbonyl (C=O) groups excluding carboxylic acids is 2. The van der Waals surface area contributed by atoms with E-state index in [2.05, 4.69) is 34.3 Å². The largest absolute Gasteiger partial charge is 0.352 e. The minimum absolute atomic E-state index is 0.0119. The van der Waals surface area contributed by atoms with Gasteiger partial charge >= 0.3 is 0 Å². The number of rotatable bonds is 0. The third-order valence-corrected chi connectivity index (χ3v) is 5.81. The van der Waals surface area contributed by atoms with Crippen LogP contribution in [0.2, 0.25) is 0 Å². The fourth-order valence-corrected chi connectivity index (χ4v) is 4.32. The molecular formula is C18H32N4O2. The average Bonchev–Trinajstić information content (AvgIpc) is 3.19. The van der Waals surface area contributed by atoms with Gasteiger partial charge in [-0.15, -0.1) is 0 Å². The van der Waals surface area contributed by atoms with E-state index in [-0.39, 0.29) is 36.0 Å². The Morgan fingerprint density at radius 1 is 0.708 bits per heavy atom. The molecule has 136 valence electrons. The number of nitrogens with zero attached hydrogens (tertiary/aromatic N) is 2. The molecule has 0 radical (unpaired) electrons. The van der Waals surface area contributed by atoms with Crippen LogP contribution in [0.15, 0.2) is 0 Å². The van der Waals surface area contributed by atoms with Gasteiger partial charge in [0, 0.05) is 25.2 Å². The highest BCUT2D eigenvalue weighted by molar-refractivity contribution is 5.83. The van der Waals surface area contributed by atoms with E-state index in [0.717, 1.165) is 64.7 Å². The smallest absolute Gasteiger partial charge is 0.237 e. The Morgan fingerprint density at radius 2 is 1.12 bits per heavy atom. The molecule has 6 heteroatoms. The standard InChI is InChI=1S/C18H32N4O2/c1-13-7-11-21-9-4-6-16(21)18(24)20-14(2)8-12-22-10-3-5-15(22)17(23)19-13/h13-16H,3-12H2,1-2H3,(H,19,23)(H,20,24)/t13-,14-,15+,16+/m1/s1. The van der Waals surface area contributed by atoms with Gasteiger partial charge in [0.25, 0.3) is 0 Å². The Kier molecular flexibility index (Phi) is 5.76. The Labute approximate surface area is 145 Å². The highest BCUT2D eigenvalue weighted by Crippen LogP contribution is 2.21. The summed E-state index contributed by atoms with van der Waals surface area (Å²) in [6, 6.07) is 0.341. The Hall–Kier alpha value is -1.14. The molecule has 2 N–H and O–H groups in total. The summed E-state index contributed by atoms with van der Waals surface area (Å²) in [4.78, 5) is 29.8. The van der Waals surface area contributed by atoms with E-state index in [1.165, 1.54) is 0 Å². The van der Waals surface area contributed by atoms with E-state index in [1.54, 1.807) is 0 Å². The molecule has 3 rings (SSSR count). The predicted octanol–water partition coefficient (Wildman–Crippen LogP) is 0.718. The van der Waals surface area contributed by atoms with Crippen molar-refractivity contribution in [3.63, 3.8) is 0 Å². The van der Waals surface area contributed by atoms with Crippen LogP contribution in [-0.2, 0) is 9.59 Å². The van der Waals surface area contributed by atoms with Crippen LogP contribution in [0.4, 0.5) is 0 Å². The Morgan fingerprint density at radius 3 is 1.54 bits per heavy atom. The molecule has 0 saturated carbocycles. The van der Waals surface area contributed by atoms with Crippen molar-refractivity contribution in [1.82, 2.24) is 20.4 Å². The highest BCUT2D eigenvalue weighted by atomic mass is 16.2. The first kappa shape index (κ1) is 17.7. The molecule has 0 spiro atoms. The van der Waals surface area contributed by atoms with Gasteiger partial charge in [-0.25, -0.2) is 0 Å². The summed E-state index contributed by atoms with van der Waals surface area (Å²) in [5, 5.41) is 6.40. The first-order valence-corrected chi connectivity index (χ1v) is 9.63. The molecule has 0 aromatic carbocycles. The molecule has 0 aromatic rings. The lowest BCUT2D eigenvalue weighted by atomic mass is 10.1. The second-order valence-electron chi connectivity index (χ2n) is 7.78. The molecule has 24 heavy (non-hydrogen) atoms. The molecule has 3 saturated heterocycles. The first-order chi connectivity index (χ1) is 11.5. The van der Waals surface area contributed by atoms with Gasteiger partial charge in [0.1, 0.15) is 0 Å². The molecule has 3 aliphatic heterocycles. The maximum absolute atomic E-state index is 12.6. The third-order valence-electron chi connectivity index (χ3n) is 5.81. The number of amides is 2. The van der Waals surface area contributed by atoms with Gasteiger partial charge in [-0.2, -0.15) is 0 Å². The van der Waals surface area contributed by atoms with E-state index >= 15 is 0 Å². The SMILES string of the molecule is C[C@@H]1CCN2CCC[C@H]2C(=O)N[C@H](C)CCN2CCC[C@H]2C(=O)N1. The van der Waals surface area contributed by atoms with Crippen molar-refractivity contribution in [2.45, 2.75) is 76.5 Å². The van der Waals surface area contributed by atoms with Crippen molar-refractivity contribution < 1.29 is 9.59 Å². The zero-order valence-electron chi connectivity index (χ0n) is 15.1. The van der Waals surface area contributed by atoms with Crippen LogP contribution in [0.1, 0.15) is 52.4 Å². The fraction of sp³-hybridized carbons (Fsp3) is 0.889. The van der Waals surface area contributed by atoms with Crippen LogP contribution < -0.4 is 10.6 Å². The van der Waals surface area contributed by atoms with E-state index in [9.17, 15) is 9.59 Å². The van der Waals surface area contributed by atoms with Crippen LogP contribution in [0.5, 0.6) is 0 Å². The molecular weight excluding hydrogens is 304 g/mol. The van der Waals surface area contributed by atoms with Crippen LogP contribution in [-0.4, -0.2) is 72.0 Å². The van der Waals surface area contributed by atoms with Crippen molar-refractivity contribution in [2.75, 3.05) is 26.2 Å². The molecule has 0 aromatic heterocycles. The molecule has 4 atom stereocenters. The molecule has 3 fully saturated rings. The summed E-state index contributed by atoms with van der Waals surface area (Å²) < 4.78 is 0. The molecule has 3 heterocycles. The van der Waals surface area contributed by atoms with Gasteiger partial charge in [0.2, 0.25) is 11.8 Å². The Balaban J connectivity index is 1.70. The van der Waals surface area contributed by atoms with Crippen molar-refractivity contribution >= 4 is 11.8 Å². The zero-order valence-corrected chi connectivity index (χ0v) is 15.1. The maximum atomic E-state index is 12.6. The van der Waals surface area contributed by atoms with Crippen LogP contribution in [0.25, 0.3) is 0 Å². The van der Waals surface area contributed by atoms with Crippen molar-refractivity contribution in [2.24, 2.45) is 0 Å². The fourth-order valence-electron chi connectivity index (χ4n) is 4.32. The predicted molar refractivity (Wildman–Crippen MR) is 93.6 cm³/mol. The summed E-state index contributed by atoms with van der Waals surface area (Å²) in [7, 11) is 0. The molecule has 6 nitrogen and oxygen atoms in total. The molecule has 0 unspecified atom stereocenters. The van der Waals surface area contributed by atoms with Gasteiger partial charge in [-0.1, -0.05) is 0 Å². The summed E-state index contributed by atoms with van der Waals surface area (Å²) in [5.74, 6) is 0.374. The topological polar surface area (TPSA) is 64.7 Å². The number of fused-ring (bicyclic) bond motifs is 2. The third kappa shape index (κ3) is 4.09. The highest BCUT2D eigenvalue weighted by Gasteiger charge is 2.34. The molecule has 0 bridgehead atoms. The number of nitrogens with one attached hydrogen (secondary N) is 2. The van der Waals surface area contributed by atoms with Gasteiger partial charge < -0.3 is 10.6 Å². The van der Waals surface area contributed by atoms with Gasteiger partial charge in [-0.05, 0) is 65.5 Å². The first-order valence-electron chi connectivity index (χ1n) is 9.63. The van der Waals surface area contributed by atoms with E-state index in [4.69, 9.17) is 0 Å². The van der Waals surface area contributed by atoms with Crippen LogP contribution >= 0.6 is 0 Å². The number of carbonyl (C=O) groups is 2. The number of hydrogen-bond acceptors (Lipinski definition) is 4. The second kappa shape index (κ2) is 7.83. The van der Waals surface area contributed by atoms with Gasteiger partial charge in [-0.3, -0.25) is 19.4 Å². The lowest BCUT2D eigenvalue weighted by Crippen LogP contribution is -2.51. The quantitative estimate of drug-likeness (QED) is 0.684. The van der Waals surface area contributed by atoms with Crippen LogP contribution in [0.3, 0.4) is 0 Å². The van der Waals surface area contributed by atoms with Crippen molar-refractivity contribution in [3.8, 4) is 0 Å². The van der Waals surface area contributed by atoms with E-state index in [0.29, 0.717) is 0 Å². The summed E-state index contributed by atoms with van der Waals surface area (Å²) in [6.45, 7) is 7.89. The molecule has 3 aliphatic rings. The monoisotopic (exact) mass is 336 g/mol. The van der Waals surface area contributed by atoms with Gasteiger partial charge in [0.05, 0.1) is 12.1 Å². The summed E-state index contributed by atoms with van der Waals surface area (Å²) in [6.07, 6.45) is 5.88. The minimum atomic E-state index is 0.0119. The lowest BCUT2D eigenvalue weighted by Gasteiger charge is -2.30. The van der Waals surface area contributed by atoms with Crippen molar-refractivity contribution in [3.05, 3.63) is 0 Å². The number of hydrogen-bond donors (Lipinski definition) is 2. The minimum Gasteiger partial charge on any atom is -0.352 e. The summed E-state index contributed by atoms with van der Waals surface area (Å²) >= 11 is 0. The lowest BCUT2D eigenvalue weighted by molar-refractivity contribution is -0.128. The Bertz CT molecular complexity index is 428. The zero-order chi connectivity index (χ0) is 17.1.